The van der Waals surface area contributed by atoms with E-state index in [1.165, 1.54) is 0 Å². The molecule has 0 radical (unpaired) electrons. The van der Waals surface area contributed by atoms with E-state index in [1.54, 1.807) is 6.08 Å². The van der Waals surface area contributed by atoms with Crippen molar-refractivity contribution in [2.45, 2.75) is 0 Å². The Balaban J connectivity index is 2.15. The number of hydrogen-bond acceptors (Lipinski definition) is 3. The molecule has 0 atom stereocenters. The zero-order valence-corrected chi connectivity index (χ0v) is 12.2. The number of aliphatic imine (C=N–C) groups is 1. The molecule has 20 heavy (non-hydrogen) atoms. The van der Waals surface area contributed by atoms with Gasteiger partial charge in [0.2, 0.25) is 5.89 Å². The topological polar surface area (TPSA) is 38.4 Å². The van der Waals surface area contributed by atoms with Gasteiger partial charge < -0.3 is 4.42 Å². The summed E-state index contributed by atoms with van der Waals surface area (Å²) >= 11 is 3.43. The Bertz CT molecular complexity index is 820. The fourth-order valence-electron chi connectivity index (χ4n) is 2.02. The average molecular weight is 327 g/mol. The average Bonchev–Trinajstić information content (AvgIpc) is 2.89. The van der Waals surface area contributed by atoms with Gasteiger partial charge in [-0.15, -0.1) is 0 Å². The molecule has 2 aromatic carbocycles. The Kier molecular flexibility index (Phi) is 3.24. The highest BCUT2D eigenvalue weighted by Crippen LogP contribution is 2.30. The van der Waals surface area contributed by atoms with Gasteiger partial charge in [-0.05, 0) is 43.1 Å². The molecule has 0 unspecified atom stereocenters. The summed E-state index contributed by atoms with van der Waals surface area (Å²) in [6.07, 6.45) is 1.74. The van der Waals surface area contributed by atoms with E-state index in [0.29, 0.717) is 5.89 Å². The lowest BCUT2D eigenvalue weighted by atomic mass is 10.1. The predicted octanol–water partition coefficient (Wildman–Crippen LogP) is 5.23. The van der Waals surface area contributed by atoms with E-state index in [0.717, 1.165) is 32.4 Å². The van der Waals surface area contributed by atoms with Gasteiger partial charge in [-0.3, -0.25) is 4.99 Å². The molecule has 0 N–H and O–H groups in total. The van der Waals surface area contributed by atoms with Crippen LogP contribution in [0.3, 0.4) is 0 Å². The van der Waals surface area contributed by atoms with Crippen molar-refractivity contribution in [2.75, 3.05) is 0 Å². The summed E-state index contributed by atoms with van der Waals surface area (Å²) in [5.74, 6) is 0.580. The number of fused-ring (bicyclic) bond motifs is 1. The molecule has 1 heterocycles. The van der Waals surface area contributed by atoms with Gasteiger partial charge in [0.25, 0.3) is 0 Å². The van der Waals surface area contributed by atoms with Gasteiger partial charge in [0.15, 0.2) is 5.58 Å². The summed E-state index contributed by atoms with van der Waals surface area (Å²) in [5.41, 5.74) is 4.16. The molecule has 4 heteroatoms. The molecular weight excluding hydrogens is 316 g/mol. The van der Waals surface area contributed by atoms with Crippen molar-refractivity contribution in [2.24, 2.45) is 4.99 Å². The highest BCUT2D eigenvalue weighted by Gasteiger charge is 2.10. The lowest BCUT2D eigenvalue weighted by molar-refractivity contribution is 0.620. The van der Waals surface area contributed by atoms with E-state index in [4.69, 9.17) is 4.42 Å². The van der Waals surface area contributed by atoms with Gasteiger partial charge >= 0.3 is 0 Å². The Morgan fingerprint density at radius 3 is 2.80 bits per heavy atom. The van der Waals surface area contributed by atoms with Crippen molar-refractivity contribution < 1.29 is 4.42 Å². The largest absolute Gasteiger partial charge is 0.436 e. The van der Waals surface area contributed by atoms with Crippen molar-refractivity contribution in [1.82, 2.24) is 4.98 Å². The summed E-state index contributed by atoms with van der Waals surface area (Å²) in [5, 5.41) is 0. The number of halogens is 1. The maximum atomic E-state index is 5.77. The van der Waals surface area contributed by atoms with Crippen LogP contribution in [0.1, 0.15) is 5.56 Å². The number of hydrogen-bond donors (Lipinski definition) is 0. The molecule has 1 aromatic heterocycles. The molecule has 3 rings (SSSR count). The summed E-state index contributed by atoms with van der Waals surface area (Å²) in [6.45, 7) is 7.33. The van der Waals surface area contributed by atoms with Crippen LogP contribution in [-0.4, -0.2) is 11.7 Å². The molecule has 0 aliphatic rings. The smallest absolute Gasteiger partial charge is 0.227 e. The van der Waals surface area contributed by atoms with E-state index in [2.05, 4.69) is 39.2 Å². The molecule has 0 bridgehead atoms. The Morgan fingerprint density at radius 2 is 2.05 bits per heavy atom. The predicted molar refractivity (Wildman–Crippen MR) is 86.4 cm³/mol. The third-order valence-corrected chi connectivity index (χ3v) is 3.51. The molecule has 0 aliphatic carbocycles. The van der Waals surface area contributed by atoms with Gasteiger partial charge in [-0.2, -0.15) is 0 Å². The fourth-order valence-corrected chi connectivity index (χ4v) is 2.37. The van der Waals surface area contributed by atoms with Gasteiger partial charge in [-0.25, -0.2) is 4.98 Å². The van der Waals surface area contributed by atoms with Crippen LogP contribution in [0, 0.1) is 0 Å². The second-order valence-corrected chi connectivity index (χ2v) is 5.18. The first kappa shape index (κ1) is 12.8. The van der Waals surface area contributed by atoms with Crippen molar-refractivity contribution in [1.29, 1.82) is 0 Å². The maximum Gasteiger partial charge on any atom is 0.227 e. The molecule has 3 nitrogen and oxygen atoms in total. The van der Waals surface area contributed by atoms with Crippen LogP contribution in [0.4, 0.5) is 5.69 Å². The monoisotopic (exact) mass is 326 g/mol. The van der Waals surface area contributed by atoms with Crippen molar-refractivity contribution >= 4 is 45.5 Å². The van der Waals surface area contributed by atoms with E-state index < -0.39 is 0 Å². The molecule has 0 fully saturated rings. The van der Waals surface area contributed by atoms with Crippen molar-refractivity contribution in [3.63, 3.8) is 0 Å². The second-order valence-electron chi connectivity index (χ2n) is 4.27. The van der Waals surface area contributed by atoms with Crippen LogP contribution in [0.15, 0.2) is 56.9 Å². The standard InChI is InChI=1S/C16H11BrN2O/c1-3-10-8-11(4-6-13(10)18-2)16-19-14-9-12(17)5-7-15(14)20-16/h3-9H,1-2H2. The van der Waals surface area contributed by atoms with Gasteiger partial charge in [-0.1, -0.05) is 28.6 Å². The van der Waals surface area contributed by atoms with Gasteiger partial charge in [0.05, 0.1) is 5.69 Å². The third-order valence-electron chi connectivity index (χ3n) is 3.01. The molecule has 98 valence electrons. The van der Waals surface area contributed by atoms with Crippen LogP contribution in [-0.2, 0) is 0 Å². The van der Waals surface area contributed by atoms with Crippen LogP contribution < -0.4 is 0 Å². The van der Waals surface area contributed by atoms with Crippen LogP contribution in [0.25, 0.3) is 28.6 Å². The lowest BCUT2D eigenvalue weighted by Gasteiger charge is -2.02. The SMILES string of the molecule is C=Cc1cc(-c2nc3cc(Br)ccc3o2)ccc1N=C. The molecular formula is C16H11BrN2O. The van der Waals surface area contributed by atoms with Crippen molar-refractivity contribution in [3.8, 4) is 11.5 Å². The van der Waals surface area contributed by atoms with E-state index >= 15 is 0 Å². The fraction of sp³-hybridized carbons (Fsp3) is 0. The maximum absolute atomic E-state index is 5.77. The number of rotatable bonds is 3. The summed E-state index contributed by atoms with van der Waals surface area (Å²) in [4.78, 5) is 8.45. The quantitative estimate of drug-likeness (QED) is 0.618. The third kappa shape index (κ3) is 2.18. The number of benzene rings is 2. The zero-order chi connectivity index (χ0) is 14.1. The van der Waals surface area contributed by atoms with E-state index in [1.807, 2.05) is 36.4 Å². The Hall–Kier alpha value is -2.20. The minimum absolute atomic E-state index is 0.580. The zero-order valence-electron chi connectivity index (χ0n) is 10.6. The first-order valence-electron chi connectivity index (χ1n) is 6.01. The van der Waals surface area contributed by atoms with Crippen molar-refractivity contribution in [3.05, 3.63) is 53.0 Å². The van der Waals surface area contributed by atoms with Crippen LogP contribution in [0.5, 0.6) is 0 Å². The molecule has 0 aliphatic heterocycles. The summed E-state index contributed by atoms with van der Waals surface area (Å²) in [6, 6.07) is 11.5. The molecule has 0 saturated carbocycles. The number of aromatic nitrogens is 1. The minimum Gasteiger partial charge on any atom is -0.436 e. The number of nitrogens with zero attached hydrogens (tertiary/aromatic N) is 2. The van der Waals surface area contributed by atoms with Crippen LogP contribution in [0.2, 0.25) is 0 Å². The van der Waals surface area contributed by atoms with E-state index in [-0.39, 0.29) is 0 Å². The summed E-state index contributed by atoms with van der Waals surface area (Å²) in [7, 11) is 0. The highest BCUT2D eigenvalue weighted by atomic mass is 79.9. The highest BCUT2D eigenvalue weighted by molar-refractivity contribution is 9.10. The van der Waals surface area contributed by atoms with Gasteiger partial charge in [0, 0.05) is 15.6 Å². The Morgan fingerprint density at radius 1 is 1.20 bits per heavy atom. The number of oxazole rings is 1. The van der Waals surface area contributed by atoms with Crippen LogP contribution >= 0.6 is 15.9 Å². The minimum atomic E-state index is 0.580. The normalized spacial score (nSPS) is 10.7. The molecule has 3 aromatic rings. The van der Waals surface area contributed by atoms with E-state index in [9.17, 15) is 0 Å². The first-order chi connectivity index (χ1) is 9.71. The first-order valence-corrected chi connectivity index (χ1v) is 6.80. The Labute approximate surface area is 124 Å². The summed E-state index contributed by atoms with van der Waals surface area (Å²) < 4.78 is 6.74. The molecule has 0 saturated heterocycles. The van der Waals surface area contributed by atoms with Gasteiger partial charge in [0.1, 0.15) is 5.52 Å². The molecule has 0 amide bonds. The molecule has 0 spiro atoms. The lowest BCUT2D eigenvalue weighted by Crippen LogP contribution is -1.80. The second kappa shape index (κ2) is 5.06.